The van der Waals surface area contributed by atoms with E-state index in [0.717, 1.165) is 24.8 Å². The number of nitrogens with zero attached hydrogens (tertiary/aromatic N) is 2. The zero-order chi connectivity index (χ0) is 49.0. The first kappa shape index (κ1) is 53.2. The Labute approximate surface area is 399 Å². The second-order valence-corrected chi connectivity index (χ2v) is 18.1. The molecule has 0 aromatic heterocycles. The average Bonchev–Trinajstić information content (AvgIpc) is 4.00. The van der Waals surface area contributed by atoms with Crippen LogP contribution >= 0.6 is 0 Å². The predicted octanol–water partition coefficient (Wildman–Crippen LogP) is 1.27. The lowest BCUT2D eigenvalue weighted by Crippen LogP contribution is -2.59. The normalized spacial score (nSPS) is 24.5. The fourth-order valence-corrected chi connectivity index (χ4v) is 8.98. The Morgan fingerprint density at radius 1 is 0.750 bits per heavy atom. The van der Waals surface area contributed by atoms with E-state index in [9.17, 15) is 43.8 Å². The number of hydrogen-bond acceptors (Lipinski definition) is 12. The second-order valence-electron chi connectivity index (χ2n) is 18.1. The highest BCUT2D eigenvalue weighted by atomic mass is 16.5. The molecule has 1 unspecified atom stereocenters. The Hall–Kier alpha value is -5.79. The third-order valence-corrected chi connectivity index (χ3v) is 12.9. The highest BCUT2D eigenvalue weighted by molar-refractivity contribution is 5.99. The van der Waals surface area contributed by atoms with Crippen molar-refractivity contribution < 1.29 is 48.5 Å². The van der Waals surface area contributed by atoms with Gasteiger partial charge in [0.25, 0.3) is 5.91 Å². The van der Waals surface area contributed by atoms with Crippen LogP contribution in [0.1, 0.15) is 119 Å². The molecule has 7 amide bonds. The van der Waals surface area contributed by atoms with Crippen molar-refractivity contribution in [2.45, 2.75) is 152 Å². The molecule has 19 nitrogen and oxygen atoms in total. The van der Waals surface area contributed by atoms with Crippen LogP contribution in [-0.2, 0) is 35.2 Å². The number of nitrogens with two attached hydrogens (primary N) is 2. The first-order valence-corrected chi connectivity index (χ1v) is 24.5. The Kier molecular flexibility index (Phi) is 21.3. The first-order chi connectivity index (χ1) is 32.8. The van der Waals surface area contributed by atoms with Gasteiger partial charge in [-0.25, -0.2) is 0 Å². The maximum atomic E-state index is 14.4. The number of benzene rings is 2. The number of phenolic OH excluding ortho intramolecular Hbond substituents is 1. The van der Waals surface area contributed by atoms with Gasteiger partial charge in [-0.15, -0.1) is 0 Å². The quantitative estimate of drug-likeness (QED) is 0.0956. The first-order valence-electron chi connectivity index (χ1n) is 24.5. The number of unbranched alkanes of at least 4 members (excludes halogenated alkanes) is 6. The van der Waals surface area contributed by atoms with Gasteiger partial charge in [0, 0.05) is 31.2 Å². The molecule has 11 N–H and O–H groups in total. The van der Waals surface area contributed by atoms with Crippen LogP contribution < -0.4 is 42.8 Å². The van der Waals surface area contributed by atoms with Gasteiger partial charge in [-0.3, -0.25) is 33.6 Å². The van der Waals surface area contributed by atoms with Crippen LogP contribution in [0.4, 0.5) is 0 Å². The molecule has 3 heterocycles. The molecule has 3 saturated heterocycles. The number of carbonyl (C=O) groups is 7. The molecule has 19 heteroatoms. The molecule has 7 atom stereocenters. The van der Waals surface area contributed by atoms with E-state index >= 15 is 0 Å². The molecular weight excluding hydrogens is 875 g/mol. The number of amides is 7. The molecule has 0 radical (unpaired) electrons. The van der Waals surface area contributed by atoms with Gasteiger partial charge in [0.05, 0.1) is 13.2 Å². The number of aliphatic hydroxyl groups excluding tert-OH is 1. The summed E-state index contributed by atoms with van der Waals surface area (Å²) in [6, 6.07) is 5.34. The van der Waals surface area contributed by atoms with Crippen LogP contribution in [0.2, 0.25) is 0 Å². The molecule has 5 rings (SSSR count). The molecule has 3 aliphatic rings. The minimum absolute atomic E-state index is 0.00595. The average molecular weight is 948 g/mol. The molecule has 0 bridgehead atoms. The van der Waals surface area contributed by atoms with Gasteiger partial charge < -0.3 is 62.8 Å². The molecule has 2 aromatic carbocycles. The minimum atomic E-state index is -1.49. The lowest BCUT2D eigenvalue weighted by atomic mass is 10.0. The molecule has 374 valence electrons. The lowest BCUT2D eigenvalue weighted by Gasteiger charge is -2.31. The molecule has 3 fully saturated rings. The van der Waals surface area contributed by atoms with Gasteiger partial charge in [-0.2, -0.15) is 0 Å². The maximum Gasteiger partial charge on any atom is 0.251 e. The van der Waals surface area contributed by atoms with Gasteiger partial charge in [0.2, 0.25) is 35.4 Å². The van der Waals surface area contributed by atoms with Crippen LogP contribution in [0.25, 0.3) is 0 Å². The van der Waals surface area contributed by atoms with E-state index in [4.69, 9.17) is 16.2 Å². The predicted molar refractivity (Wildman–Crippen MR) is 254 cm³/mol. The smallest absolute Gasteiger partial charge is 0.251 e. The topological polar surface area (TPSA) is 288 Å². The van der Waals surface area contributed by atoms with Crippen molar-refractivity contribution in [3.8, 4) is 11.5 Å². The number of aliphatic hydroxyl groups is 1. The zero-order valence-electron chi connectivity index (χ0n) is 39.4. The van der Waals surface area contributed by atoms with Crippen molar-refractivity contribution in [1.82, 2.24) is 36.4 Å². The van der Waals surface area contributed by atoms with E-state index in [1.54, 1.807) is 36.4 Å². The van der Waals surface area contributed by atoms with Crippen molar-refractivity contribution in [3.05, 3.63) is 59.7 Å². The fraction of sp³-hybridized carbons (Fsp3) is 0.612. The summed E-state index contributed by atoms with van der Waals surface area (Å²) in [7, 11) is 0. The zero-order valence-corrected chi connectivity index (χ0v) is 39.4. The molecule has 3 aliphatic heterocycles. The van der Waals surface area contributed by atoms with Crippen LogP contribution in [-0.4, -0.2) is 143 Å². The van der Waals surface area contributed by atoms with Crippen LogP contribution in [0.15, 0.2) is 48.5 Å². The number of aromatic hydroxyl groups is 1. The number of aryl methyl sites for hydroxylation is 1. The van der Waals surface area contributed by atoms with E-state index in [2.05, 4.69) is 33.5 Å². The van der Waals surface area contributed by atoms with Crippen molar-refractivity contribution in [1.29, 1.82) is 0 Å². The highest BCUT2D eigenvalue weighted by Crippen LogP contribution is 2.23. The molecule has 0 saturated carbocycles. The van der Waals surface area contributed by atoms with E-state index in [1.165, 1.54) is 41.2 Å². The van der Waals surface area contributed by atoms with E-state index in [-0.39, 0.29) is 75.9 Å². The summed E-state index contributed by atoms with van der Waals surface area (Å²) in [5.41, 5.74) is 13.1. The van der Waals surface area contributed by atoms with Crippen molar-refractivity contribution in [2.75, 3.05) is 39.4 Å². The molecule has 0 aliphatic carbocycles. The third-order valence-electron chi connectivity index (χ3n) is 12.9. The summed E-state index contributed by atoms with van der Waals surface area (Å²) in [6.45, 7) is 2.48. The second kappa shape index (κ2) is 27.3. The van der Waals surface area contributed by atoms with E-state index < -0.39 is 90.3 Å². The number of nitrogens with one attached hydrogen (secondary N) is 5. The summed E-state index contributed by atoms with van der Waals surface area (Å²) >= 11 is 0. The lowest BCUT2D eigenvalue weighted by molar-refractivity contribution is -0.143. The summed E-state index contributed by atoms with van der Waals surface area (Å²) in [4.78, 5) is 101. The van der Waals surface area contributed by atoms with Crippen LogP contribution in [0.5, 0.6) is 11.5 Å². The number of carbonyl (C=O) groups excluding carboxylic acids is 7. The van der Waals surface area contributed by atoms with Gasteiger partial charge in [0.1, 0.15) is 47.8 Å². The molecule has 0 spiro atoms. The number of hydrogen-bond donors (Lipinski definition) is 9. The standard InChI is InChI=1S/C49H73N9O10/c1-2-3-4-5-6-9-28-68-36-22-18-33(19-23-36)43(61)53-37-13-10-26-52-46(64)42-29-34(51)30-58(42)48(66)39(12-7-8-25-50)55-45(63)38(24-17-32-15-20-35(60)21-16-32)54-47(65)41-14-11-27-57(41)49(67)40(31-59)56-44(37)62/h15-16,18-23,34,37-42,59-60H,2-14,17,24-31,50-51H2,1H3,(H,52,64)(H,53,61)(H,54,65)(H,55,63)(H,56,62)/t34?,37-,38-,39-,40-,41-,42-/m0/s1. The Balaban J connectivity index is 1.39. The SMILES string of the molecule is CCCCCCCCOc1ccc(C(=O)N[C@H]2CCCNC(=O)[C@@H]3CC(N)CN3C(=O)[C@H](CCCCN)NC(=O)[C@H](CCc3ccc(O)cc3)NC(=O)[C@@H]3CCCN3C(=O)[C@H](CO)NC2=O)cc1. The third kappa shape index (κ3) is 15.6. The molecule has 68 heavy (non-hydrogen) atoms. The van der Waals surface area contributed by atoms with Gasteiger partial charge >= 0.3 is 0 Å². The fourth-order valence-electron chi connectivity index (χ4n) is 8.98. The van der Waals surface area contributed by atoms with Crippen molar-refractivity contribution in [3.63, 3.8) is 0 Å². The number of phenols is 1. The minimum Gasteiger partial charge on any atom is -0.508 e. The van der Waals surface area contributed by atoms with Gasteiger partial charge in [-0.1, -0.05) is 51.2 Å². The Morgan fingerprint density at radius 3 is 2.16 bits per heavy atom. The Morgan fingerprint density at radius 2 is 1.44 bits per heavy atom. The molecular formula is C49H73N9O10. The highest BCUT2D eigenvalue weighted by Gasteiger charge is 2.43. The number of rotatable bonds is 18. The monoisotopic (exact) mass is 948 g/mol. The van der Waals surface area contributed by atoms with E-state index in [0.29, 0.717) is 38.2 Å². The molecule has 2 aromatic rings. The van der Waals surface area contributed by atoms with Crippen molar-refractivity contribution in [2.24, 2.45) is 11.5 Å². The summed E-state index contributed by atoms with van der Waals surface area (Å²) < 4.78 is 5.87. The van der Waals surface area contributed by atoms with E-state index in [1.807, 2.05) is 0 Å². The van der Waals surface area contributed by atoms with Crippen molar-refractivity contribution >= 4 is 41.4 Å². The largest absolute Gasteiger partial charge is 0.508 e. The summed E-state index contributed by atoms with van der Waals surface area (Å²) in [5.74, 6) is -3.74. The van der Waals surface area contributed by atoms with Gasteiger partial charge in [-0.05, 0) is 119 Å². The summed E-state index contributed by atoms with van der Waals surface area (Å²) in [6.07, 6.45) is 9.31. The van der Waals surface area contributed by atoms with Gasteiger partial charge in [0.15, 0.2) is 0 Å². The number of fused-ring (bicyclic) bond motifs is 2. The van der Waals surface area contributed by atoms with Crippen LogP contribution in [0.3, 0.4) is 0 Å². The Bertz CT molecular complexity index is 1990. The summed E-state index contributed by atoms with van der Waals surface area (Å²) in [5, 5.41) is 34.2. The number of ether oxygens (including phenoxy) is 1. The maximum absolute atomic E-state index is 14.4. The van der Waals surface area contributed by atoms with Crippen LogP contribution in [0, 0.1) is 0 Å².